The third kappa shape index (κ3) is 5.95. The second-order valence-corrected chi connectivity index (χ2v) is 9.48. The monoisotopic (exact) mass is 470 g/mol. The minimum absolute atomic E-state index is 0.425. The fourth-order valence-electron chi connectivity index (χ4n) is 4.12. The van der Waals surface area contributed by atoms with E-state index >= 15 is 0 Å². The van der Waals surface area contributed by atoms with Crippen LogP contribution in [0.15, 0.2) is 30.5 Å². The van der Waals surface area contributed by atoms with Gasteiger partial charge in [-0.25, -0.2) is 18.7 Å². The molecule has 34 heavy (non-hydrogen) atoms. The van der Waals surface area contributed by atoms with Crippen LogP contribution in [0.25, 0.3) is 11.0 Å². The number of hydrogen-bond donors (Lipinski definition) is 2. The van der Waals surface area contributed by atoms with Crippen LogP contribution in [0.1, 0.15) is 38.4 Å². The summed E-state index contributed by atoms with van der Waals surface area (Å²) in [5, 5.41) is 13.6. The molecular weight excluding hydrogens is 438 g/mol. The van der Waals surface area contributed by atoms with Gasteiger partial charge >= 0.3 is 0 Å². The Hall–Kier alpha value is -2.91. The first-order chi connectivity index (χ1) is 16.2. The van der Waals surface area contributed by atoms with Crippen molar-refractivity contribution in [2.45, 2.75) is 45.8 Å². The van der Waals surface area contributed by atoms with E-state index in [4.69, 9.17) is 9.97 Å². The van der Waals surface area contributed by atoms with Gasteiger partial charge in [0.1, 0.15) is 17.2 Å². The number of aromatic nitrogens is 3. The van der Waals surface area contributed by atoms with Crippen LogP contribution < -0.4 is 10.2 Å². The van der Waals surface area contributed by atoms with Crippen LogP contribution in [0, 0.1) is 11.6 Å². The zero-order valence-corrected chi connectivity index (χ0v) is 20.0. The van der Waals surface area contributed by atoms with Crippen molar-refractivity contribution in [1.29, 1.82) is 0 Å². The summed E-state index contributed by atoms with van der Waals surface area (Å²) >= 11 is 0. The molecule has 1 saturated heterocycles. The van der Waals surface area contributed by atoms with E-state index in [1.54, 1.807) is 20.0 Å². The maximum atomic E-state index is 14.1. The predicted molar refractivity (Wildman–Crippen MR) is 130 cm³/mol. The summed E-state index contributed by atoms with van der Waals surface area (Å²) in [6, 6.07) is 5.63. The lowest BCUT2D eigenvalue weighted by atomic mass is 10.0. The van der Waals surface area contributed by atoms with E-state index in [-0.39, 0.29) is 0 Å². The summed E-state index contributed by atoms with van der Waals surface area (Å²) in [6.07, 6.45) is 3.09. The summed E-state index contributed by atoms with van der Waals surface area (Å²) in [4.78, 5) is 18.5. The SMILES string of the molecule is CCCNc1nc2cnc(CC(C)(C)O)cc2nc1N1CCN(Cc2ccc(F)cc2F)CC1. The van der Waals surface area contributed by atoms with Crippen molar-refractivity contribution in [2.24, 2.45) is 0 Å². The smallest absolute Gasteiger partial charge is 0.172 e. The van der Waals surface area contributed by atoms with Crippen LogP contribution in [0.2, 0.25) is 0 Å². The van der Waals surface area contributed by atoms with Crippen molar-refractivity contribution in [3.05, 3.63) is 53.4 Å². The van der Waals surface area contributed by atoms with Gasteiger partial charge in [0.2, 0.25) is 0 Å². The van der Waals surface area contributed by atoms with Gasteiger partial charge in [0, 0.05) is 63.0 Å². The third-order valence-electron chi connectivity index (χ3n) is 5.83. The summed E-state index contributed by atoms with van der Waals surface area (Å²) in [5.41, 5.74) is 1.84. The number of benzene rings is 1. The summed E-state index contributed by atoms with van der Waals surface area (Å²) in [6.45, 7) is 9.71. The first-order valence-corrected chi connectivity index (χ1v) is 11.8. The van der Waals surface area contributed by atoms with Crippen molar-refractivity contribution in [3.8, 4) is 0 Å². The molecule has 7 nitrogen and oxygen atoms in total. The van der Waals surface area contributed by atoms with Gasteiger partial charge in [-0.15, -0.1) is 0 Å². The first-order valence-electron chi connectivity index (χ1n) is 11.8. The Morgan fingerprint density at radius 2 is 1.82 bits per heavy atom. The molecule has 2 aromatic heterocycles. The highest BCUT2D eigenvalue weighted by Crippen LogP contribution is 2.27. The molecule has 4 rings (SSSR count). The van der Waals surface area contributed by atoms with Crippen LogP contribution in [-0.2, 0) is 13.0 Å². The van der Waals surface area contributed by atoms with Gasteiger partial charge in [0.15, 0.2) is 11.6 Å². The molecule has 0 saturated carbocycles. The summed E-state index contributed by atoms with van der Waals surface area (Å²) in [7, 11) is 0. The Morgan fingerprint density at radius 1 is 1.06 bits per heavy atom. The van der Waals surface area contributed by atoms with E-state index in [9.17, 15) is 13.9 Å². The Labute approximate surface area is 198 Å². The molecule has 0 bridgehead atoms. The van der Waals surface area contributed by atoms with Gasteiger partial charge in [0.25, 0.3) is 0 Å². The van der Waals surface area contributed by atoms with Crippen molar-refractivity contribution in [3.63, 3.8) is 0 Å². The molecule has 1 aromatic carbocycles. The minimum Gasteiger partial charge on any atom is -0.390 e. The van der Waals surface area contributed by atoms with Crippen LogP contribution in [0.3, 0.4) is 0 Å². The number of rotatable bonds is 8. The van der Waals surface area contributed by atoms with E-state index in [0.29, 0.717) is 37.1 Å². The fourth-order valence-corrected chi connectivity index (χ4v) is 4.12. The Balaban J connectivity index is 1.54. The average molecular weight is 471 g/mol. The van der Waals surface area contributed by atoms with Gasteiger partial charge in [-0.3, -0.25) is 9.88 Å². The molecule has 3 aromatic rings. The second kappa shape index (κ2) is 10.1. The Kier molecular flexibility index (Phi) is 7.23. The van der Waals surface area contributed by atoms with Crippen molar-refractivity contribution in [2.75, 3.05) is 42.9 Å². The van der Waals surface area contributed by atoms with Crippen LogP contribution in [-0.4, -0.2) is 63.3 Å². The molecule has 2 N–H and O–H groups in total. The van der Waals surface area contributed by atoms with Gasteiger partial charge in [0.05, 0.1) is 17.3 Å². The number of fused-ring (bicyclic) bond motifs is 1. The highest BCUT2D eigenvalue weighted by Gasteiger charge is 2.23. The Bertz CT molecular complexity index is 1140. The molecule has 9 heteroatoms. The first kappa shape index (κ1) is 24.2. The zero-order chi connectivity index (χ0) is 24.3. The molecule has 1 fully saturated rings. The quantitative estimate of drug-likeness (QED) is 0.519. The van der Waals surface area contributed by atoms with Gasteiger partial charge in [-0.2, -0.15) is 0 Å². The normalized spacial score (nSPS) is 15.2. The largest absolute Gasteiger partial charge is 0.390 e. The van der Waals surface area contributed by atoms with Gasteiger partial charge in [-0.05, 0) is 32.4 Å². The van der Waals surface area contributed by atoms with Crippen molar-refractivity contribution < 1.29 is 13.9 Å². The lowest BCUT2D eigenvalue weighted by Crippen LogP contribution is -2.46. The molecule has 0 spiro atoms. The fraction of sp³-hybridized carbons (Fsp3) is 0.480. The molecule has 0 unspecified atom stereocenters. The maximum Gasteiger partial charge on any atom is 0.172 e. The Morgan fingerprint density at radius 3 is 2.50 bits per heavy atom. The molecule has 1 aliphatic rings. The van der Waals surface area contributed by atoms with E-state index in [2.05, 4.69) is 27.0 Å². The van der Waals surface area contributed by atoms with Crippen molar-refractivity contribution >= 4 is 22.7 Å². The van der Waals surface area contributed by atoms with E-state index < -0.39 is 17.2 Å². The number of nitrogens with one attached hydrogen (secondary N) is 1. The number of piperazine rings is 1. The van der Waals surface area contributed by atoms with Gasteiger partial charge in [-0.1, -0.05) is 13.0 Å². The van der Waals surface area contributed by atoms with E-state index in [1.165, 1.54) is 12.1 Å². The predicted octanol–water partition coefficient (Wildman–Crippen LogP) is 3.76. The van der Waals surface area contributed by atoms with Gasteiger partial charge < -0.3 is 15.3 Å². The lowest BCUT2D eigenvalue weighted by molar-refractivity contribution is 0.0800. The molecule has 0 aliphatic carbocycles. The third-order valence-corrected chi connectivity index (χ3v) is 5.83. The summed E-state index contributed by atoms with van der Waals surface area (Å²) in [5.74, 6) is 0.441. The number of anilines is 2. The number of halogens is 2. The standard InChI is InChI=1S/C25H32F2N6O/c1-4-7-28-23-24(31-21-13-19(14-25(2,3)34)29-15-22(21)30-23)33-10-8-32(9-11-33)16-17-5-6-18(26)12-20(17)27/h5-6,12-13,15,34H,4,7-11,14,16H2,1-3H3,(H,28,30). The molecular formula is C25H32F2N6O. The number of aliphatic hydroxyl groups is 1. The van der Waals surface area contributed by atoms with E-state index in [0.717, 1.165) is 55.0 Å². The second-order valence-electron chi connectivity index (χ2n) is 9.48. The van der Waals surface area contributed by atoms with Crippen LogP contribution >= 0.6 is 0 Å². The maximum absolute atomic E-state index is 14.1. The molecule has 182 valence electrons. The van der Waals surface area contributed by atoms with Crippen molar-refractivity contribution in [1.82, 2.24) is 19.9 Å². The molecule has 1 aliphatic heterocycles. The highest BCUT2D eigenvalue weighted by atomic mass is 19.1. The lowest BCUT2D eigenvalue weighted by Gasteiger charge is -2.36. The molecule has 0 amide bonds. The minimum atomic E-state index is -0.861. The molecule has 3 heterocycles. The number of hydrogen-bond acceptors (Lipinski definition) is 7. The number of nitrogens with zero attached hydrogens (tertiary/aromatic N) is 5. The molecule has 0 atom stereocenters. The topological polar surface area (TPSA) is 77.4 Å². The molecule has 0 radical (unpaired) electrons. The number of pyridine rings is 1. The zero-order valence-electron chi connectivity index (χ0n) is 20.0. The van der Waals surface area contributed by atoms with Crippen LogP contribution in [0.4, 0.5) is 20.4 Å². The van der Waals surface area contributed by atoms with Crippen LogP contribution in [0.5, 0.6) is 0 Å². The average Bonchev–Trinajstić information content (AvgIpc) is 2.78. The summed E-state index contributed by atoms with van der Waals surface area (Å²) < 4.78 is 27.3. The highest BCUT2D eigenvalue weighted by molar-refractivity contribution is 5.80. The van der Waals surface area contributed by atoms with E-state index in [1.807, 2.05) is 6.07 Å².